The largest absolute Gasteiger partial charge is 0.456 e. The summed E-state index contributed by atoms with van der Waals surface area (Å²) >= 11 is 0. The van der Waals surface area contributed by atoms with Crippen LogP contribution in [0, 0.1) is 0 Å². The molecule has 6 aromatic heterocycles. The van der Waals surface area contributed by atoms with E-state index in [-0.39, 0.29) is 16.2 Å². The number of rotatable bonds is 9. The number of hydrogen-bond donors (Lipinski definition) is 0. The maximum absolute atomic E-state index is 6.58. The molecule has 3 aliphatic rings. The Balaban J connectivity index is 0.000000103. The molecule has 0 amide bonds. The lowest BCUT2D eigenvalue weighted by Gasteiger charge is -2.23. The highest BCUT2D eigenvalue weighted by Crippen LogP contribution is 2.59. The van der Waals surface area contributed by atoms with Crippen molar-refractivity contribution in [1.29, 1.82) is 0 Å². The summed E-state index contributed by atoms with van der Waals surface area (Å²) in [6.45, 7) is 14.2. The van der Waals surface area contributed by atoms with Crippen LogP contribution in [0.4, 0.5) is 0 Å². The predicted octanol–water partition coefficient (Wildman–Crippen LogP) is 39.3. The third kappa shape index (κ3) is 13.2. The highest BCUT2D eigenvalue weighted by Gasteiger charge is 2.43. The molecule has 0 atom stereocenters. The van der Waals surface area contributed by atoms with Crippen LogP contribution in [0.15, 0.2) is 492 Å². The molecule has 29 aromatic rings. The van der Waals surface area contributed by atoms with Crippen molar-refractivity contribution in [3.8, 4) is 117 Å². The Morgan fingerprint density at radius 3 is 0.966 bits per heavy atom. The number of hydrogen-bond acceptors (Lipinski definition) is 3. The second-order valence-electron chi connectivity index (χ2n) is 42.4. The van der Waals surface area contributed by atoms with Crippen molar-refractivity contribution in [2.45, 2.75) is 57.8 Å². The van der Waals surface area contributed by atoms with Crippen LogP contribution in [0.2, 0.25) is 0 Å². The molecule has 0 spiro atoms. The SMILES string of the molecule is CC1(C)c2cc(-n3c4cc(-c5ccccc5)ccc4c4ccc(-c5ccc(-c6ccccc6)cc5)cc43)ccc2-c2ccc3oc4ccccc4c3c21.CC1(C)c2cc(-n3c4ccc(-c5ccccc5)cc4c4cc(-c5ccc6ccccc6c5)ccc43)ccc2-c2c1ccc1c2oc2ccccc21.CC1(C)c2cc(-n3c4ccccc4c4cc(-c5ccc6ccccc6c5)ccc43)ccc2-c2ccc3oc4ccccc4c3c21. The summed E-state index contributed by atoms with van der Waals surface area (Å²) in [6, 6.07) is 175. The number of para-hydroxylation sites is 4. The van der Waals surface area contributed by atoms with Gasteiger partial charge in [-0.15, -0.1) is 0 Å². The third-order valence-electron chi connectivity index (χ3n) is 33.1. The van der Waals surface area contributed by atoms with Gasteiger partial charge in [-0.1, -0.05) is 387 Å². The predicted molar refractivity (Wildman–Crippen MR) is 624 cm³/mol. The number of nitrogens with zero attached hydrogens (tertiary/aromatic N) is 3. The minimum Gasteiger partial charge on any atom is -0.456 e. The molecule has 0 fully saturated rings. The molecule has 0 saturated heterocycles. The smallest absolute Gasteiger partial charge is 0.143 e. The van der Waals surface area contributed by atoms with Crippen LogP contribution in [-0.2, 0) is 16.2 Å². The Morgan fingerprint density at radius 1 is 0.168 bits per heavy atom. The number of furan rings is 3. The van der Waals surface area contributed by atoms with Crippen LogP contribution < -0.4 is 0 Å². The van der Waals surface area contributed by atoms with E-state index in [2.05, 4.69) is 528 Å². The fourth-order valence-corrected chi connectivity index (χ4v) is 25.9. The summed E-state index contributed by atoms with van der Waals surface area (Å²) in [5, 5.41) is 19.8. The van der Waals surface area contributed by atoms with Crippen LogP contribution in [0.1, 0.15) is 74.9 Å². The van der Waals surface area contributed by atoms with E-state index in [1.165, 1.54) is 270 Å². The molecule has 32 rings (SSSR count). The Kier molecular flexibility index (Phi) is 18.9. The standard InChI is InChI=1S/C51H35NO.C49H33NO.C43H29NO/c1-51(2)44-31-38(23-26-39(44)42-27-28-48-49(50(42)51)43-15-9-10-16-47(43)53-48)52-45-29-36(33-13-7-4-8-14-33)21-24-40(45)41-25-22-37(30-46(41)52)35-19-17-34(18-20-35)32-11-5-3-6-12-32;1-49(2)42-23-22-38-37-14-8-9-15-46(37)51-48(38)47(42)39-21-20-36(29-43(39)49)50-44-24-18-34(30-10-4-3-5-11-30)27-40(44)41-28-35(19-25-45(41)50)33-17-16-31-12-6-7-13-32(31)26-33;1-43(2)36-25-30(18-19-31(36)33-20-22-40-41(42(33)43)34-12-6-8-14-39(34)45-40)44-37-13-7-5-11-32(37)35-24-29(17-21-38(35)44)28-16-15-26-9-3-4-10-27(26)23-28/h3-31H,1-2H3;3-29H,1-2H3;3-25H,1-2H3. The van der Waals surface area contributed by atoms with Crippen LogP contribution in [0.5, 0.6) is 0 Å². The van der Waals surface area contributed by atoms with E-state index in [4.69, 9.17) is 13.3 Å². The van der Waals surface area contributed by atoms with Crippen molar-refractivity contribution < 1.29 is 13.3 Å². The molecule has 6 nitrogen and oxygen atoms in total. The zero-order valence-corrected chi connectivity index (χ0v) is 83.2. The van der Waals surface area contributed by atoms with Gasteiger partial charge in [-0.25, -0.2) is 0 Å². The second kappa shape index (κ2) is 32.7. The van der Waals surface area contributed by atoms with Gasteiger partial charge in [-0.05, 0) is 283 Å². The van der Waals surface area contributed by atoms with E-state index >= 15 is 0 Å². The number of benzene rings is 23. The van der Waals surface area contributed by atoms with Crippen molar-refractivity contribution in [2.24, 2.45) is 0 Å². The van der Waals surface area contributed by atoms with E-state index in [9.17, 15) is 0 Å². The lowest BCUT2D eigenvalue weighted by Crippen LogP contribution is -2.16. The van der Waals surface area contributed by atoms with Crippen molar-refractivity contribution in [2.75, 3.05) is 0 Å². The summed E-state index contributed by atoms with van der Waals surface area (Å²) < 4.78 is 26.6. The second-order valence-corrected chi connectivity index (χ2v) is 42.4. The Hall–Kier alpha value is -18.6. The highest BCUT2D eigenvalue weighted by atomic mass is 16.3. The number of fused-ring (bicyclic) bond motifs is 32. The molecular formula is C143H97N3O3. The van der Waals surface area contributed by atoms with Gasteiger partial charge in [0.15, 0.2) is 0 Å². The Bertz CT molecular complexity index is 10700. The molecule has 23 aromatic carbocycles. The minimum absolute atomic E-state index is 0.184. The van der Waals surface area contributed by atoms with Crippen LogP contribution in [0.3, 0.4) is 0 Å². The number of aromatic nitrogens is 3. The third-order valence-corrected chi connectivity index (χ3v) is 33.1. The van der Waals surface area contributed by atoms with Crippen LogP contribution in [-0.4, -0.2) is 13.7 Å². The van der Waals surface area contributed by atoms with Gasteiger partial charge in [0.25, 0.3) is 0 Å². The van der Waals surface area contributed by atoms with Crippen molar-refractivity contribution in [1.82, 2.24) is 13.7 Å². The van der Waals surface area contributed by atoms with Gasteiger partial charge in [0, 0.05) is 104 Å². The summed E-state index contributed by atoms with van der Waals surface area (Å²) in [5.41, 5.74) is 46.3. The molecule has 0 unspecified atom stereocenters. The van der Waals surface area contributed by atoms with Gasteiger partial charge in [0.1, 0.15) is 33.5 Å². The van der Waals surface area contributed by atoms with E-state index in [0.29, 0.717) is 0 Å². The van der Waals surface area contributed by atoms with Gasteiger partial charge in [0.05, 0.1) is 33.1 Å². The summed E-state index contributed by atoms with van der Waals surface area (Å²) in [6.07, 6.45) is 0. The van der Waals surface area contributed by atoms with Gasteiger partial charge >= 0.3 is 0 Å². The van der Waals surface area contributed by atoms with E-state index in [1.807, 2.05) is 6.07 Å². The fraction of sp³-hybridized carbons (Fsp3) is 0.0629. The van der Waals surface area contributed by atoms with Gasteiger partial charge in [-0.3, -0.25) is 0 Å². The summed E-state index contributed by atoms with van der Waals surface area (Å²) in [7, 11) is 0. The molecule has 702 valence electrons. The topological polar surface area (TPSA) is 54.2 Å². The Labute approximate surface area is 861 Å². The molecule has 6 heteroatoms. The van der Waals surface area contributed by atoms with Crippen molar-refractivity contribution >= 4 is 153 Å². The summed E-state index contributed by atoms with van der Waals surface area (Å²) in [4.78, 5) is 0. The van der Waals surface area contributed by atoms with E-state index in [0.717, 1.165) is 33.5 Å². The lowest BCUT2D eigenvalue weighted by molar-refractivity contribution is 0.653. The molecule has 0 bridgehead atoms. The first-order valence-corrected chi connectivity index (χ1v) is 51.9. The average molecular weight is 1910 g/mol. The maximum Gasteiger partial charge on any atom is 0.143 e. The van der Waals surface area contributed by atoms with E-state index < -0.39 is 0 Å². The lowest BCUT2D eigenvalue weighted by atomic mass is 9.80. The molecule has 0 saturated carbocycles. The minimum atomic E-state index is -0.230. The molecular weight excluding hydrogens is 1810 g/mol. The van der Waals surface area contributed by atoms with Gasteiger partial charge in [0.2, 0.25) is 0 Å². The molecule has 6 heterocycles. The van der Waals surface area contributed by atoms with Crippen LogP contribution in [0.25, 0.3) is 270 Å². The first kappa shape index (κ1) is 85.9. The Morgan fingerprint density at radius 2 is 0.483 bits per heavy atom. The van der Waals surface area contributed by atoms with Gasteiger partial charge in [-0.2, -0.15) is 0 Å². The van der Waals surface area contributed by atoms with Crippen molar-refractivity contribution in [3.05, 3.63) is 513 Å². The average Bonchev–Trinajstić information content (AvgIpc) is 1.54. The first-order chi connectivity index (χ1) is 73.1. The molecule has 3 aliphatic carbocycles. The van der Waals surface area contributed by atoms with Crippen LogP contribution >= 0.6 is 0 Å². The maximum atomic E-state index is 6.58. The van der Waals surface area contributed by atoms with Crippen molar-refractivity contribution in [3.63, 3.8) is 0 Å². The molecule has 0 aliphatic heterocycles. The normalized spacial score (nSPS) is 13.5. The van der Waals surface area contributed by atoms with Gasteiger partial charge < -0.3 is 27.0 Å². The highest BCUT2D eigenvalue weighted by molar-refractivity contribution is 6.18. The fourth-order valence-electron chi connectivity index (χ4n) is 25.9. The molecule has 0 N–H and O–H groups in total. The monoisotopic (exact) mass is 1900 g/mol. The molecule has 149 heavy (non-hydrogen) atoms. The zero-order valence-electron chi connectivity index (χ0n) is 83.2. The summed E-state index contributed by atoms with van der Waals surface area (Å²) in [5.74, 6) is 0. The first-order valence-electron chi connectivity index (χ1n) is 51.9. The zero-order chi connectivity index (χ0) is 99.0. The molecule has 0 radical (unpaired) electrons. The van der Waals surface area contributed by atoms with E-state index in [1.54, 1.807) is 0 Å². The quantitative estimate of drug-likeness (QED) is 0.145.